The minimum atomic E-state index is 0.560. The lowest BCUT2D eigenvalue weighted by atomic mass is 10.2. The maximum Gasteiger partial charge on any atom is 0.222 e. The second-order valence-electron chi connectivity index (χ2n) is 3.91. The number of rotatable bonds is 2. The topological polar surface area (TPSA) is 39.4 Å². The van der Waals surface area contributed by atoms with E-state index in [0.717, 1.165) is 21.4 Å². The highest BCUT2D eigenvalue weighted by molar-refractivity contribution is 9.10. The van der Waals surface area contributed by atoms with Crippen LogP contribution in [0.5, 0.6) is 11.6 Å². The Bertz CT molecular complexity index is 708. The minimum absolute atomic E-state index is 0.560. The van der Waals surface area contributed by atoms with E-state index >= 15 is 0 Å². The van der Waals surface area contributed by atoms with E-state index in [1.165, 1.54) is 0 Å². The summed E-state index contributed by atoms with van der Waals surface area (Å²) >= 11 is 3.46. The predicted molar refractivity (Wildman–Crippen MR) is 71.9 cm³/mol. The Morgan fingerprint density at radius 1 is 1.22 bits per heavy atom. The van der Waals surface area contributed by atoms with Crippen LogP contribution in [-0.2, 0) is 0 Å². The fourth-order valence-electron chi connectivity index (χ4n) is 1.65. The third-order valence-corrected chi connectivity index (χ3v) is 3.47. The molecule has 0 fully saturated rings. The van der Waals surface area contributed by atoms with Crippen LogP contribution in [0, 0.1) is 6.92 Å². The van der Waals surface area contributed by atoms with Gasteiger partial charge in [-0.25, -0.2) is 4.52 Å². The number of fused-ring (bicyclic) bond motifs is 1. The molecule has 1 aromatic carbocycles. The van der Waals surface area contributed by atoms with Crippen LogP contribution in [0.15, 0.2) is 47.2 Å². The fourth-order valence-corrected chi connectivity index (χ4v) is 1.90. The van der Waals surface area contributed by atoms with Gasteiger partial charge in [-0.2, -0.15) is 10.1 Å². The molecule has 0 amide bonds. The summed E-state index contributed by atoms with van der Waals surface area (Å²) in [6.45, 7) is 2.02. The van der Waals surface area contributed by atoms with Crippen molar-refractivity contribution in [1.29, 1.82) is 0 Å². The zero-order valence-corrected chi connectivity index (χ0v) is 11.3. The number of nitrogens with zero attached hydrogens (tertiary/aromatic N) is 3. The molecule has 2 aromatic heterocycles. The van der Waals surface area contributed by atoms with Crippen molar-refractivity contribution in [2.45, 2.75) is 6.92 Å². The van der Waals surface area contributed by atoms with E-state index < -0.39 is 0 Å². The van der Waals surface area contributed by atoms with Crippen molar-refractivity contribution in [2.24, 2.45) is 0 Å². The normalized spacial score (nSPS) is 10.8. The van der Waals surface area contributed by atoms with Gasteiger partial charge in [-0.1, -0.05) is 15.9 Å². The lowest BCUT2D eigenvalue weighted by molar-refractivity contribution is 0.462. The number of aryl methyl sites for hydroxylation is 1. The van der Waals surface area contributed by atoms with E-state index in [0.29, 0.717) is 5.88 Å². The van der Waals surface area contributed by atoms with Crippen LogP contribution in [0.25, 0.3) is 5.65 Å². The zero-order valence-electron chi connectivity index (χ0n) is 9.67. The highest BCUT2D eigenvalue weighted by atomic mass is 79.9. The van der Waals surface area contributed by atoms with Gasteiger partial charge in [-0.15, -0.1) is 0 Å². The Morgan fingerprint density at radius 2 is 2.11 bits per heavy atom. The standard InChI is InChI=1S/C13H10BrN3O/c1-9-8-10(2-3-11(9)14)18-13-5-7-17-12(16-13)4-6-15-17/h2-8H,1H3. The Morgan fingerprint density at radius 3 is 2.94 bits per heavy atom. The highest BCUT2D eigenvalue weighted by Crippen LogP contribution is 2.25. The third kappa shape index (κ3) is 2.09. The van der Waals surface area contributed by atoms with Gasteiger partial charge in [0.15, 0.2) is 5.65 Å². The first kappa shape index (κ1) is 11.2. The summed E-state index contributed by atoms with van der Waals surface area (Å²) in [5.74, 6) is 1.33. The first-order valence-electron chi connectivity index (χ1n) is 5.47. The summed E-state index contributed by atoms with van der Waals surface area (Å²) in [5.41, 5.74) is 1.89. The molecule has 0 aliphatic rings. The highest BCUT2D eigenvalue weighted by Gasteiger charge is 2.03. The summed E-state index contributed by atoms with van der Waals surface area (Å²) in [5, 5.41) is 4.08. The summed E-state index contributed by atoms with van der Waals surface area (Å²) < 4.78 is 8.48. The predicted octanol–water partition coefficient (Wildman–Crippen LogP) is 3.59. The van der Waals surface area contributed by atoms with Crippen molar-refractivity contribution < 1.29 is 4.74 Å². The van der Waals surface area contributed by atoms with Crippen LogP contribution in [0.3, 0.4) is 0 Å². The van der Waals surface area contributed by atoms with Crippen LogP contribution < -0.4 is 4.74 Å². The largest absolute Gasteiger partial charge is 0.439 e. The van der Waals surface area contributed by atoms with Gasteiger partial charge >= 0.3 is 0 Å². The second kappa shape index (κ2) is 4.42. The van der Waals surface area contributed by atoms with Crippen molar-refractivity contribution in [3.8, 4) is 11.6 Å². The van der Waals surface area contributed by atoms with Crippen molar-refractivity contribution in [2.75, 3.05) is 0 Å². The minimum Gasteiger partial charge on any atom is -0.439 e. The molecular formula is C13H10BrN3O. The van der Waals surface area contributed by atoms with E-state index in [2.05, 4.69) is 26.0 Å². The maximum atomic E-state index is 5.72. The lowest BCUT2D eigenvalue weighted by Gasteiger charge is -2.06. The maximum absolute atomic E-state index is 5.72. The summed E-state index contributed by atoms with van der Waals surface area (Å²) in [6, 6.07) is 9.45. The summed E-state index contributed by atoms with van der Waals surface area (Å²) in [7, 11) is 0. The number of hydrogen-bond acceptors (Lipinski definition) is 3. The molecule has 3 rings (SSSR count). The molecule has 0 unspecified atom stereocenters. The van der Waals surface area contributed by atoms with Crippen molar-refractivity contribution >= 4 is 21.6 Å². The quantitative estimate of drug-likeness (QED) is 0.726. The van der Waals surface area contributed by atoms with Crippen LogP contribution in [0.1, 0.15) is 5.56 Å². The molecule has 0 spiro atoms. The van der Waals surface area contributed by atoms with E-state index in [4.69, 9.17) is 4.74 Å². The first-order valence-corrected chi connectivity index (χ1v) is 6.26. The Labute approximate surface area is 112 Å². The Balaban J connectivity index is 1.92. The van der Waals surface area contributed by atoms with Gasteiger partial charge < -0.3 is 4.74 Å². The van der Waals surface area contributed by atoms with E-state index in [1.807, 2.05) is 37.4 Å². The second-order valence-corrected chi connectivity index (χ2v) is 4.77. The molecule has 0 saturated carbocycles. The number of halogens is 1. The van der Waals surface area contributed by atoms with Gasteiger partial charge in [0, 0.05) is 22.8 Å². The molecule has 2 heterocycles. The van der Waals surface area contributed by atoms with E-state index in [9.17, 15) is 0 Å². The Kier molecular flexibility index (Phi) is 2.76. The SMILES string of the molecule is Cc1cc(Oc2ccn3nccc3n2)ccc1Br. The average Bonchev–Trinajstić information content (AvgIpc) is 2.81. The molecule has 0 aliphatic heterocycles. The molecular weight excluding hydrogens is 294 g/mol. The molecule has 0 bridgehead atoms. The molecule has 0 N–H and O–H groups in total. The van der Waals surface area contributed by atoms with Crippen LogP contribution >= 0.6 is 15.9 Å². The van der Waals surface area contributed by atoms with Crippen LogP contribution in [-0.4, -0.2) is 14.6 Å². The molecule has 5 heteroatoms. The van der Waals surface area contributed by atoms with E-state index in [-0.39, 0.29) is 0 Å². The number of hydrogen-bond donors (Lipinski definition) is 0. The van der Waals surface area contributed by atoms with Crippen molar-refractivity contribution in [1.82, 2.24) is 14.6 Å². The third-order valence-electron chi connectivity index (χ3n) is 2.58. The number of aromatic nitrogens is 3. The van der Waals surface area contributed by atoms with Crippen molar-refractivity contribution in [3.63, 3.8) is 0 Å². The molecule has 18 heavy (non-hydrogen) atoms. The molecule has 0 radical (unpaired) electrons. The molecule has 90 valence electrons. The number of ether oxygens (including phenoxy) is 1. The Hall–Kier alpha value is -1.88. The van der Waals surface area contributed by atoms with Crippen LogP contribution in [0.2, 0.25) is 0 Å². The molecule has 4 nitrogen and oxygen atoms in total. The average molecular weight is 304 g/mol. The zero-order chi connectivity index (χ0) is 12.5. The molecule has 3 aromatic rings. The lowest BCUT2D eigenvalue weighted by Crippen LogP contribution is -1.93. The van der Waals surface area contributed by atoms with Gasteiger partial charge in [0.05, 0.1) is 6.20 Å². The van der Waals surface area contributed by atoms with Gasteiger partial charge in [-0.05, 0) is 30.7 Å². The fraction of sp³-hybridized carbons (Fsp3) is 0.0769. The van der Waals surface area contributed by atoms with E-state index in [1.54, 1.807) is 16.8 Å². The van der Waals surface area contributed by atoms with Gasteiger partial charge in [0.25, 0.3) is 0 Å². The summed E-state index contributed by atoms with van der Waals surface area (Å²) in [6.07, 6.45) is 3.53. The number of benzene rings is 1. The van der Waals surface area contributed by atoms with Gasteiger partial charge in [0.1, 0.15) is 5.75 Å². The monoisotopic (exact) mass is 303 g/mol. The summed E-state index contributed by atoms with van der Waals surface area (Å²) in [4.78, 5) is 4.35. The molecule has 0 atom stereocenters. The van der Waals surface area contributed by atoms with Gasteiger partial charge in [0.2, 0.25) is 5.88 Å². The smallest absolute Gasteiger partial charge is 0.222 e. The first-order chi connectivity index (χ1) is 8.72. The molecule has 0 aliphatic carbocycles. The van der Waals surface area contributed by atoms with Gasteiger partial charge in [-0.3, -0.25) is 0 Å². The van der Waals surface area contributed by atoms with Crippen LogP contribution in [0.4, 0.5) is 0 Å². The van der Waals surface area contributed by atoms with Crippen molar-refractivity contribution in [3.05, 3.63) is 52.8 Å². The molecule has 0 saturated heterocycles.